The summed E-state index contributed by atoms with van der Waals surface area (Å²) in [5.74, 6) is 2.84. The second-order valence-corrected chi connectivity index (χ2v) is 13.1. The molecule has 0 unspecified atom stereocenters. The van der Waals surface area contributed by atoms with E-state index < -0.39 is 23.7 Å². The van der Waals surface area contributed by atoms with Gasteiger partial charge < -0.3 is 19.8 Å². The van der Waals surface area contributed by atoms with Crippen molar-refractivity contribution in [2.24, 2.45) is 23.2 Å². The zero-order chi connectivity index (χ0) is 27.8. The molecular weight excluding hydrogens is 488 g/mol. The van der Waals surface area contributed by atoms with Crippen molar-refractivity contribution >= 4 is 0 Å². The molecule has 39 heavy (non-hydrogen) atoms. The highest BCUT2D eigenvalue weighted by Crippen LogP contribution is 2.60. The summed E-state index contributed by atoms with van der Waals surface area (Å²) in [7, 11) is 0. The number of aliphatic hydroxyl groups excluding tert-OH is 3. The van der Waals surface area contributed by atoms with Crippen LogP contribution in [-0.2, 0) is 11.8 Å². The molecule has 0 aliphatic heterocycles. The van der Waals surface area contributed by atoms with Crippen LogP contribution in [0.4, 0.5) is 0 Å². The smallest absolute Gasteiger partial charge is 0.235 e. The molecule has 4 aliphatic rings. The molecule has 5 rings (SSSR count). The molecule has 6 nitrogen and oxygen atoms in total. The fourth-order valence-electron chi connectivity index (χ4n) is 7.87. The highest BCUT2D eigenvalue weighted by atomic mass is 16.5. The Labute approximate surface area is 234 Å². The normalized spacial score (nSPS) is 36.0. The molecule has 1 aromatic rings. The third-order valence-corrected chi connectivity index (χ3v) is 10.5. The number of hydrogen-bond donors (Lipinski definition) is 3. The monoisotopic (exact) mass is 536 g/mol. The first-order valence-corrected chi connectivity index (χ1v) is 15.3. The fraction of sp³-hybridized carbons (Fsp3) is 0.697. The van der Waals surface area contributed by atoms with Crippen LogP contribution in [-0.4, -0.2) is 43.8 Å². The summed E-state index contributed by atoms with van der Waals surface area (Å²) in [5.41, 5.74) is 3.06. The Morgan fingerprint density at radius 3 is 2.69 bits per heavy atom. The lowest BCUT2D eigenvalue weighted by Crippen LogP contribution is -2.35. The van der Waals surface area contributed by atoms with E-state index in [2.05, 4.69) is 55.7 Å². The van der Waals surface area contributed by atoms with Crippen molar-refractivity contribution in [1.29, 1.82) is 0 Å². The number of unbranched alkanes of at least 4 members (excludes halogenated alkanes) is 1. The van der Waals surface area contributed by atoms with E-state index >= 15 is 0 Å². The summed E-state index contributed by atoms with van der Waals surface area (Å²) in [5, 5.41) is 35.7. The van der Waals surface area contributed by atoms with Crippen LogP contribution in [0.3, 0.4) is 0 Å². The van der Waals surface area contributed by atoms with Crippen molar-refractivity contribution in [3.63, 3.8) is 0 Å². The molecule has 0 bridgehead atoms. The van der Waals surface area contributed by atoms with Crippen LogP contribution in [0.15, 0.2) is 52.1 Å². The first-order valence-electron chi connectivity index (χ1n) is 15.3. The van der Waals surface area contributed by atoms with E-state index in [1.54, 1.807) is 0 Å². The van der Waals surface area contributed by atoms with E-state index in [1.165, 1.54) is 31.3 Å². The number of aliphatic hydroxyl groups is 3. The van der Waals surface area contributed by atoms with Gasteiger partial charge in [0.15, 0.2) is 5.82 Å². The zero-order valence-electron chi connectivity index (χ0n) is 24.1. The number of allylic oxidation sites excluding steroid dienone is 4. The Balaban J connectivity index is 1.26. The van der Waals surface area contributed by atoms with Crippen molar-refractivity contribution in [3.8, 4) is 0 Å². The molecule has 4 saturated carbocycles. The number of aryl methyl sites for hydroxylation is 1. The van der Waals surface area contributed by atoms with Crippen LogP contribution < -0.4 is 0 Å². The molecule has 1 aromatic heterocycles. The van der Waals surface area contributed by atoms with Gasteiger partial charge in [0.1, 0.15) is 0 Å². The molecule has 0 amide bonds. The largest absolute Gasteiger partial charge is 0.393 e. The molecular formula is C33H48N2O4. The summed E-state index contributed by atoms with van der Waals surface area (Å²) in [4.78, 5) is 4.63. The second-order valence-electron chi connectivity index (χ2n) is 13.1. The summed E-state index contributed by atoms with van der Waals surface area (Å²) in [6.45, 7) is 11.0. The lowest BCUT2D eigenvalue weighted by atomic mass is 9.61. The number of rotatable bonds is 9. The SMILES string of the molecule is C=C1C(=CC=C2CCC[C@]3(C)[C@@H]([C@H](C)C=C[C@@H](O)C4(c5nc(CCCC)no5)CC4)CC[C@@H]23)C[C@@H](O)C[C@@H]1O. The third kappa shape index (κ3) is 5.62. The minimum Gasteiger partial charge on any atom is -0.393 e. The van der Waals surface area contributed by atoms with E-state index in [0.29, 0.717) is 36.5 Å². The van der Waals surface area contributed by atoms with Crippen molar-refractivity contribution in [2.45, 2.75) is 122 Å². The Morgan fingerprint density at radius 1 is 1.15 bits per heavy atom. The zero-order valence-corrected chi connectivity index (χ0v) is 24.1. The average Bonchev–Trinajstić information content (AvgIpc) is 3.44. The van der Waals surface area contributed by atoms with E-state index in [1.807, 2.05) is 6.08 Å². The molecule has 3 N–H and O–H groups in total. The van der Waals surface area contributed by atoms with E-state index in [4.69, 9.17) is 4.52 Å². The van der Waals surface area contributed by atoms with Gasteiger partial charge >= 0.3 is 0 Å². The van der Waals surface area contributed by atoms with Crippen molar-refractivity contribution < 1.29 is 19.8 Å². The standard InChI is InChI=1S/C33H48N2O4/c1-5-6-9-30-34-31(39-35-30)33(17-18-33)29(38)15-10-21(2)26-13-14-27-23(8-7-16-32(26,27)4)11-12-24-19-25(36)20-28(37)22(24)3/h10-12,15,21,25-29,36-38H,3,5-9,13-14,16-20H2,1-2,4H3/t21-,25-,26-,27+,28+,29-,32-/m1/s1. The Bertz CT molecular complexity index is 1130. The topological polar surface area (TPSA) is 99.6 Å². The maximum absolute atomic E-state index is 11.2. The summed E-state index contributed by atoms with van der Waals surface area (Å²) in [6, 6.07) is 0. The van der Waals surface area contributed by atoms with Crippen LogP contribution >= 0.6 is 0 Å². The van der Waals surface area contributed by atoms with Gasteiger partial charge in [-0.25, -0.2) is 0 Å². The highest BCUT2D eigenvalue weighted by molar-refractivity contribution is 5.38. The van der Waals surface area contributed by atoms with Gasteiger partial charge in [0.25, 0.3) is 0 Å². The summed E-state index contributed by atoms with van der Waals surface area (Å²) >= 11 is 0. The molecule has 4 fully saturated rings. The Hall–Kier alpha value is -2.02. The number of hydrogen-bond acceptors (Lipinski definition) is 6. The summed E-state index contributed by atoms with van der Waals surface area (Å²) in [6.07, 6.45) is 18.5. The van der Waals surface area contributed by atoms with Gasteiger partial charge in [-0.15, -0.1) is 0 Å². The number of fused-ring (bicyclic) bond motifs is 1. The van der Waals surface area contributed by atoms with Crippen LogP contribution in [0.25, 0.3) is 0 Å². The van der Waals surface area contributed by atoms with Crippen molar-refractivity contribution in [3.05, 3.63) is 59.3 Å². The van der Waals surface area contributed by atoms with Gasteiger partial charge in [0.05, 0.1) is 23.7 Å². The van der Waals surface area contributed by atoms with E-state index in [0.717, 1.165) is 55.5 Å². The lowest BCUT2D eigenvalue weighted by molar-refractivity contribution is 0.0862. The predicted octanol–water partition coefficient (Wildman–Crippen LogP) is 6.14. The molecule has 0 spiro atoms. The molecule has 7 atom stereocenters. The number of nitrogens with zero attached hydrogens (tertiary/aromatic N) is 2. The minimum absolute atomic E-state index is 0.234. The fourth-order valence-corrected chi connectivity index (χ4v) is 7.87. The maximum Gasteiger partial charge on any atom is 0.235 e. The minimum atomic E-state index is -0.647. The molecule has 0 aromatic carbocycles. The third-order valence-electron chi connectivity index (χ3n) is 10.5. The van der Waals surface area contributed by atoms with Crippen LogP contribution in [0.2, 0.25) is 0 Å². The van der Waals surface area contributed by atoms with E-state index in [9.17, 15) is 15.3 Å². The van der Waals surface area contributed by atoms with Crippen LogP contribution in [0.5, 0.6) is 0 Å². The van der Waals surface area contributed by atoms with Gasteiger partial charge in [-0.2, -0.15) is 4.98 Å². The quantitative estimate of drug-likeness (QED) is 0.328. The van der Waals surface area contributed by atoms with Gasteiger partial charge in [-0.1, -0.05) is 68.8 Å². The van der Waals surface area contributed by atoms with Crippen molar-refractivity contribution in [1.82, 2.24) is 10.1 Å². The van der Waals surface area contributed by atoms with Crippen molar-refractivity contribution in [2.75, 3.05) is 0 Å². The molecule has 0 saturated heterocycles. The van der Waals surface area contributed by atoms with Gasteiger partial charge in [-0.05, 0) is 92.1 Å². The van der Waals surface area contributed by atoms with Crippen LogP contribution in [0, 0.1) is 23.2 Å². The molecule has 214 valence electrons. The number of aromatic nitrogens is 2. The summed E-state index contributed by atoms with van der Waals surface area (Å²) < 4.78 is 5.60. The Morgan fingerprint density at radius 2 is 1.95 bits per heavy atom. The molecule has 0 radical (unpaired) electrons. The average molecular weight is 537 g/mol. The van der Waals surface area contributed by atoms with Crippen LogP contribution in [0.1, 0.15) is 103 Å². The molecule has 1 heterocycles. The van der Waals surface area contributed by atoms with Gasteiger partial charge in [0.2, 0.25) is 5.89 Å². The lowest BCUT2D eigenvalue weighted by Gasteiger charge is -2.44. The first-order chi connectivity index (χ1) is 18.7. The van der Waals surface area contributed by atoms with Gasteiger partial charge in [0, 0.05) is 12.8 Å². The Kier molecular flexibility index (Phi) is 8.38. The van der Waals surface area contributed by atoms with E-state index in [-0.39, 0.29) is 5.41 Å². The molecule has 6 heteroatoms. The van der Waals surface area contributed by atoms with Gasteiger partial charge in [-0.3, -0.25) is 0 Å². The maximum atomic E-state index is 11.2. The predicted molar refractivity (Wildman–Crippen MR) is 153 cm³/mol. The highest BCUT2D eigenvalue weighted by Gasteiger charge is 2.55. The molecule has 4 aliphatic carbocycles. The first kappa shape index (κ1) is 28.5. The second kappa shape index (κ2) is 11.5.